The molecule has 0 radical (unpaired) electrons. The van der Waals surface area contributed by atoms with Crippen LogP contribution in [-0.2, 0) is 9.59 Å². The van der Waals surface area contributed by atoms with Crippen LogP contribution in [0.5, 0.6) is 5.75 Å². The number of ether oxygens (including phenoxy) is 1. The second kappa shape index (κ2) is 8.31. The predicted octanol–water partition coefficient (Wildman–Crippen LogP) is 3.05. The van der Waals surface area contributed by atoms with Gasteiger partial charge in [-0.2, -0.15) is 0 Å². The maximum absolute atomic E-state index is 12.9. The number of rotatable bonds is 4. The van der Waals surface area contributed by atoms with Crippen LogP contribution in [0.25, 0.3) is 11.3 Å². The van der Waals surface area contributed by atoms with Crippen LogP contribution in [0.3, 0.4) is 0 Å². The Morgan fingerprint density at radius 1 is 1.32 bits per heavy atom. The van der Waals surface area contributed by atoms with Crippen LogP contribution < -0.4 is 10.1 Å². The summed E-state index contributed by atoms with van der Waals surface area (Å²) in [5.41, 5.74) is 1.91. The number of aromatic nitrogens is 1. The van der Waals surface area contributed by atoms with E-state index in [1.165, 1.54) is 0 Å². The number of benzene rings is 1. The summed E-state index contributed by atoms with van der Waals surface area (Å²) in [6.45, 7) is 2.06. The molecule has 2 fully saturated rings. The van der Waals surface area contributed by atoms with Gasteiger partial charge in [0.1, 0.15) is 5.75 Å². The minimum atomic E-state index is -0.173. The summed E-state index contributed by atoms with van der Waals surface area (Å²) in [7, 11) is 1.67. The molecule has 2 saturated heterocycles. The topological polar surface area (TPSA) is 71.5 Å². The minimum absolute atomic E-state index is 0.0143. The normalized spacial score (nSPS) is 22.6. The molecule has 0 spiro atoms. The minimum Gasteiger partial charge on any atom is -0.496 e. The molecular formula is C21H25N3O3S. The van der Waals surface area contributed by atoms with Gasteiger partial charge in [-0.05, 0) is 31.4 Å². The van der Waals surface area contributed by atoms with Crippen LogP contribution in [0.2, 0.25) is 0 Å². The number of amides is 2. The van der Waals surface area contributed by atoms with Gasteiger partial charge >= 0.3 is 0 Å². The van der Waals surface area contributed by atoms with E-state index in [1.807, 2.05) is 29.2 Å². The lowest BCUT2D eigenvalue weighted by Gasteiger charge is -2.35. The average Bonchev–Trinajstić information content (AvgIpc) is 3.23. The van der Waals surface area contributed by atoms with Gasteiger partial charge in [-0.1, -0.05) is 12.1 Å². The van der Waals surface area contributed by atoms with Crippen LogP contribution >= 0.6 is 11.3 Å². The molecule has 6 nitrogen and oxygen atoms in total. The predicted molar refractivity (Wildman–Crippen MR) is 108 cm³/mol. The highest BCUT2D eigenvalue weighted by Crippen LogP contribution is 2.35. The van der Waals surface area contributed by atoms with E-state index in [0.29, 0.717) is 19.5 Å². The van der Waals surface area contributed by atoms with E-state index in [-0.39, 0.29) is 23.7 Å². The number of hydrogen-bond acceptors (Lipinski definition) is 5. The molecule has 2 atom stereocenters. The van der Waals surface area contributed by atoms with Gasteiger partial charge in [0.25, 0.3) is 0 Å². The molecule has 7 heteroatoms. The van der Waals surface area contributed by atoms with E-state index in [0.717, 1.165) is 47.8 Å². The zero-order valence-electron chi connectivity index (χ0n) is 16.0. The first-order valence-electron chi connectivity index (χ1n) is 9.80. The summed E-state index contributed by atoms with van der Waals surface area (Å²) in [4.78, 5) is 31.3. The second-order valence-electron chi connectivity index (χ2n) is 7.43. The van der Waals surface area contributed by atoms with Gasteiger partial charge in [0.2, 0.25) is 11.8 Å². The van der Waals surface area contributed by atoms with Crippen molar-refractivity contribution in [2.45, 2.75) is 31.6 Å². The molecule has 1 N–H and O–H groups in total. The summed E-state index contributed by atoms with van der Waals surface area (Å²) < 4.78 is 5.46. The van der Waals surface area contributed by atoms with Crippen LogP contribution in [0.4, 0.5) is 0 Å². The van der Waals surface area contributed by atoms with Crippen LogP contribution in [0, 0.1) is 5.92 Å². The van der Waals surface area contributed by atoms with Crippen molar-refractivity contribution < 1.29 is 14.3 Å². The first-order valence-corrected chi connectivity index (χ1v) is 10.7. The monoisotopic (exact) mass is 399 g/mol. The zero-order valence-corrected chi connectivity index (χ0v) is 16.8. The fourth-order valence-electron chi connectivity index (χ4n) is 4.09. The van der Waals surface area contributed by atoms with E-state index in [1.54, 1.807) is 18.4 Å². The fourth-order valence-corrected chi connectivity index (χ4v) is 5.03. The molecule has 28 heavy (non-hydrogen) atoms. The molecule has 0 unspecified atom stereocenters. The summed E-state index contributed by atoms with van der Waals surface area (Å²) in [6, 6.07) is 7.89. The standard InChI is InChI=1S/C21H25N3O3S/c1-27-18-7-3-2-6-16(18)17-13-28-20(23-17)15-5-4-10-24(12-15)21(26)14-8-9-22-19(25)11-14/h2-3,6-7,13-15H,4-5,8-12H2,1H3,(H,22,25)/t14-,15+/m0/s1. The molecule has 2 aliphatic heterocycles. The van der Waals surface area contributed by atoms with Crippen molar-refractivity contribution in [3.05, 3.63) is 34.7 Å². The molecule has 0 saturated carbocycles. The lowest BCUT2D eigenvalue weighted by Crippen LogP contribution is -2.46. The van der Waals surface area contributed by atoms with Crippen molar-refractivity contribution in [2.75, 3.05) is 26.7 Å². The van der Waals surface area contributed by atoms with Gasteiger partial charge in [-0.15, -0.1) is 11.3 Å². The molecule has 3 heterocycles. The number of carbonyl (C=O) groups excluding carboxylic acids is 2. The van der Waals surface area contributed by atoms with E-state index in [4.69, 9.17) is 9.72 Å². The molecule has 1 aromatic carbocycles. The Hall–Kier alpha value is -2.41. The molecule has 2 aliphatic rings. The SMILES string of the molecule is COc1ccccc1-c1csc([C@@H]2CCCN(C(=O)[C@H]3CCNC(=O)C3)C2)n1. The number of likely N-dealkylation sites (tertiary alicyclic amines) is 1. The van der Waals surface area contributed by atoms with Crippen molar-refractivity contribution in [2.24, 2.45) is 5.92 Å². The molecule has 4 rings (SSSR count). The van der Waals surface area contributed by atoms with Crippen LogP contribution in [0.1, 0.15) is 36.6 Å². The Morgan fingerprint density at radius 3 is 3.00 bits per heavy atom. The third-order valence-electron chi connectivity index (χ3n) is 5.58. The third kappa shape index (κ3) is 3.90. The maximum Gasteiger partial charge on any atom is 0.226 e. The molecule has 1 aromatic heterocycles. The van der Waals surface area contributed by atoms with Gasteiger partial charge in [-0.25, -0.2) is 4.98 Å². The number of methoxy groups -OCH3 is 1. The lowest BCUT2D eigenvalue weighted by molar-refractivity contribution is -0.141. The van der Waals surface area contributed by atoms with Crippen molar-refractivity contribution >= 4 is 23.2 Å². The summed E-state index contributed by atoms with van der Waals surface area (Å²) >= 11 is 1.65. The summed E-state index contributed by atoms with van der Waals surface area (Å²) in [5.74, 6) is 1.01. The molecular weight excluding hydrogens is 374 g/mol. The van der Waals surface area contributed by atoms with Crippen molar-refractivity contribution in [3.8, 4) is 17.0 Å². The maximum atomic E-state index is 12.9. The van der Waals surface area contributed by atoms with E-state index < -0.39 is 0 Å². The fraction of sp³-hybridized carbons (Fsp3) is 0.476. The molecule has 0 aliphatic carbocycles. The Balaban J connectivity index is 1.47. The molecule has 0 bridgehead atoms. The van der Waals surface area contributed by atoms with E-state index in [2.05, 4.69) is 10.7 Å². The van der Waals surface area contributed by atoms with Crippen molar-refractivity contribution in [3.63, 3.8) is 0 Å². The first kappa shape index (κ1) is 18.9. The van der Waals surface area contributed by atoms with Gasteiger partial charge in [0, 0.05) is 48.8 Å². The largest absolute Gasteiger partial charge is 0.496 e. The van der Waals surface area contributed by atoms with E-state index in [9.17, 15) is 9.59 Å². The number of thiazole rings is 1. The lowest BCUT2D eigenvalue weighted by atomic mass is 9.93. The average molecular weight is 400 g/mol. The highest BCUT2D eigenvalue weighted by molar-refractivity contribution is 7.10. The van der Waals surface area contributed by atoms with Crippen molar-refractivity contribution in [1.29, 1.82) is 0 Å². The highest BCUT2D eigenvalue weighted by Gasteiger charge is 2.33. The van der Waals surface area contributed by atoms with Crippen LogP contribution in [0.15, 0.2) is 29.6 Å². The van der Waals surface area contributed by atoms with Crippen LogP contribution in [-0.4, -0.2) is 48.4 Å². The highest BCUT2D eigenvalue weighted by atomic mass is 32.1. The zero-order chi connectivity index (χ0) is 19.5. The number of carbonyl (C=O) groups is 2. The Labute approximate surface area is 168 Å². The number of para-hydroxylation sites is 1. The molecule has 2 aromatic rings. The van der Waals surface area contributed by atoms with Gasteiger partial charge < -0.3 is 15.0 Å². The second-order valence-corrected chi connectivity index (χ2v) is 8.32. The smallest absolute Gasteiger partial charge is 0.226 e. The van der Waals surface area contributed by atoms with Crippen molar-refractivity contribution in [1.82, 2.24) is 15.2 Å². The van der Waals surface area contributed by atoms with Gasteiger partial charge in [0.15, 0.2) is 0 Å². The summed E-state index contributed by atoms with van der Waals surface area (Å²) in [6.07, 6.45) is 3.06. The van der Waals surface area contributed by atoms with E-state index >= 15 is 0 Å². The molecule has 2 amide bonds. The van der Waals surface area contributed by atoms with Gasteiger partial charge in [0.05, 0.1) is 17.8 Å². The first-order chi connectivity index (χ1) is 13.7. The molecule has 148 valence electrons. The number of piperidine rings is 2. The number of nitrogens with one attached hydrogen (secondary N) is 1. The number of nitrogens with zero attached hydrogens (tertiary/aromatic N) is 2. The Bertz CT molecular complexity index is 866. The third-order valence-corrected chi connectivity index (χ3v) is 6.59. The Morgan fingerprint density at radius 2 is 2.18 bits per heavy atom. The van der Waals surface area contributed by atoms with Gasteiger partial charge in [-0.3, -0.25) is 9.59 Å². The number of hydrogen-bond donors (Lipinski definition) is 1. The quantitative estimate of drug-likeness (QED) is 0.858. The summed E-state index contributed by atoms with van der Waals surface area (Å²) in [5, 5.41) is 5.94. The Kier molecular flexibility index (Phi) is 5.62.